The third kappa shape index (κ3) is 5.83. The fourth-order valence-electron chi connectivity index (χ4n) is 5.24. The molecule has 1 N–H and O–H groups in total. The van der Waals surface area contributed by atoms with Gasteiger partial charge in [0.25, 0.3) is 0 Å². The van der Waals surface area contributed by atoms with Gasteiger partial charge in [0.15, 0.2) is 11.5 Å². The van der Waals surface area contributed by atoms with E-state index in [1.807, 2.05) is 29.2 Å². The summed E-state index contributed by atoms with van der Waals surface area (Å²) in [4.78, 5) is 35.9. The monoisotopic (exact) mass is 569 g/mol. The second-order valence-corrected chi connectivity index (χ2v) is 10.7. The first kappa shape index (κ1) is 28.0. The highest BCUT2D eigenvalue weighted by atomic mass is 35.5. The van der Waals surface area contributed by atoms with Crippen LogP contribution in [0.5, 0.6) is 11.5 Å². The highest BCUT2D eigenvalue weighted by Gasteiger charge is 2.30. The molecule has 0 bridgehead atoms. The SMILES string of the molecule is CCCCCOc1cc(N2CCCN(Cc3ccnc4c3c(Cl)cn4CC(=O)N3CC(O)C3)C2=O)ccc1OC. The predicted octanol–water partition coefficient (Wildman–Crippen LogP) is 4.30. The molecule has 4 heterocycles. The predicted molar refractivity (Wildman–Crippen MR) is 153 cm³/mol. The minimum atomic E-state index is -0.455. The minimum Gasteiger partial charge on any atom is -0.493 e. The molecule has 40 heavy (non-hydrogen) atoms. The summed E-state index contributed by atoms with van der Waals surface area (Å²) in [5, 5.41) is 10.7. The van der Waals surface area contributed by atoms with E-state index in [0.717, 1.165) is 42.3 Å². The van der Waals surface area contributed by atoms with E-state index in [0.29, 0.717) is 61.5 Å². The quantitative estimate of drug-likeness (QED) is 0.346. The summed E-state index contributed by atoms with van der Waals surface area (Å²) >= 11 is 6.64. The van der Waals surface area contributed by atoms with Gasteiger partial charge in [-0.3, -0.25) is 9.69 Å². The number of anilines is 1. The van der Waals surface area contributed by atoms with Crippen LogP contribution in [-0.2, 0) is 17.9 Å². The van der Waals surface area contributed by atoms with Gasteiger partial charge in [-0.1, -0.05) is 31.4 Å². The zero-order chi connectivity index (χ0) is 28.2. The number of ether oxygens (including phenoxy) is 2. The van der Waals surface area contributed by atoms with Crippen LogP contribution in [0.1, 0.15) is 38.2 Å². The highest BCUT2D eigenvalue weighted by molar-refractivity contribution is 6.35. The van der Waals surface area contributed by atoms with Crippen molar-refractivity contribution >= 4 is 40.3 Å². The topological polar surface area (TPSA) is 100 Å². The van der Waals surface area contributed by atoms with Crippen molar-refractivity contribution in [2.75, 3.05) is 44.8 Å². The molecule has 10 nitrogen and oxygen atoms in total. The molecule has 3 amide bonds. The van der Waals surface area contributed by atoms with Crippen LogP contribution in [0, 0.1) is 0 Å². The molecule has 11 heteroatoms. The first-order valence-electron chi connectivity index (χ1n) is 13.8. The highest BCUT2D eigenvalue weighted by Crippen LogP contribution is 2.34. The van der Waals surface area contributed by atoms with Crippen LogP contribution in [0.4, 0.5) is 10.5 Å². The number of unbranched alkanes of at least 4 members (excludes halogenated alkanes) is 2. The number of aliphatic hydroxyl groups excluding tert-OH is 1. The molecule has 2 aliphatic heterocycles. The summed E-state index contributed by atoms with van der Waals surface area (Å²) in [6, 6.07) is 7.37. The number of carbonyl (C=O) groups is 2. The van der Waals surface area contributed by atoms with E-state index in [1.54, 1.807) is 33.9 Å². The van der Waals surface area contributed by atoms with Crippen molar-refractivity contribution in [3.05, 3.63) is 47.2 Å². The summed E-state index contributed by atoms with van der Waals surface area (Å²) in [7, 11) is 1.61. The first-order chi connectivity index (χ1) is 19.4. The average Bonchev–Trinajstić information content (AvgIpc) is 3.25. The maximum absolute atomic E-state index is 13.7. The lowest BCUT2D eigenvalue weighted by atomic mass is 10.1. The van der Waals surface area contributed by atoms with Gasteiger partial charge in [0.05, 0.1) is 24.8 Å². The van der Waals surface area contributed by atoms with Crippen molar-refractivity contribution in [1.82, 2.24) is 19.4 Å². The second kappa shape index (κ2) is 12.3. The normalized spacial score (nSPS) is 16.0. The van der Waals surface area contributed by atoms with Gasteiger partial charge < -0.3 is 28.9 Å². The summed E-state index contributed by atoms with van der Waals surface area (Å²) < 4.78 is 13.2. The van der Waals surface area contributed by atoms with Crippen LogP contribution in [0.15, 0.2) is 36.7 Å². The number of rotatable bonds is 11. The third-order valence-electron chi connectivity index (χ3n) is 7.45. The maximum Gasteiger partial charge on any atom is 0.324 e. The number of carbonyl (C=O) groups excluding carboxylic acids is 2. The molecule has 5 rings (SSSR count). The Bertz CT molecular complexity index is 1370. The van der Waals surface area contributed by atoms with Crippen LogP contribution >= 0.6 is 11.6 Å². The maximum atomic E-state index is 13.7. The molecular formula is C29H36ClN5O5. The Hall–Kier alpha value is -3.50. The zero-order valence-corrected chi connectivity index (χ0v) is 23.8. The van der Waals surface area contributed by atoms with Gasteiger partial charge >= 0.3 is 6.03 Å². The number of likely N-dealkylation sites (tertiary alicyclic amines) is 1. The second-order valence-electron chi connectivity index (χ2n) is 10.3. The molecule has 0 saturated carbocycles. The van der Waals surface area contributed by atoms with E-state index in [-0.39, 0.29) is 18.5 Å². The Labute approximate surface area is 239 Å². The Morgan fingerprint density at radius 3 is 2.75 bits per heavy atom. The number of amides is 3. The molecule has 3 aromatic rings. The number of hydrogen-bond acceptors (Lipinski definition) is 6. The van der Waals surface area contributed by atoms with E-state index < -0.39 is 6.10 Å². The number of benzene rings is 1. The number of urea groups is 1. The molecule has 2 saturated heterocycles. The summed E-state index contributed by atoms with van der Waals surface area (Å²) in [5.74, 6) is 1.18. The minimum absolute atomic E-state index is 0.0864. The lowest BCUT2D eigenvalue weighted by molar-refractivity contribution is -0.141. The Morgan fingerprint density at radius 2 is 2.00 bits per heavy atom. The van der Waals surface area contributed by atoms with Crippen molar-refractivity contribution in [2.45, 2.75) is 51.8 Å². The van der Waals surface area contributed by atoms with Gasteiger partial charge in [-0.05, 0) is 36.6 Å². The number of pyridine rings is 1. The molecule has 0 spiro atoms. The van der Waals surface area contributed by atoms with Gasteiger partial charge in [0.1, 0.15) is 12.2 Å². The molecule has 214 valence electrons. The first-order valence-corrected chi connectivity index (χ1v) is 14.2. The van der Waals surface area contributed by atoms with E-state index in [4.69, 9.17) is 21.1 Å². The molecule has 0 unspecified atom stereocenters. The molecule has 2 fully saturated rings. The van der Waals surface area contributed by atoms with Crippen molar-refractivity contribution in [3.8, 4) is 11.5 Å². The van der Waals surface area contributed by atoms with Crippen LogP contribution < -0.4 is 14.4 Å². The third-order valence-corrected chi connectivity index (χ3v) is 7.74. The number of fused-ring (bicyclic) bond motifs is 1. The van der Waals surface area contributed by atoms with Crippen LogP contribution in [0.2, 0.25) is 5.02 Å². The summed E-state index contributed by atoms with van der Waals surface area (Å²) in [6.45, 7) is 5.10. The molecular weight excluding hydrogens is 534 g/mol. The molecule has 2 aromatic heterocycles. The van der Waals surface area contributed by atoms with Crippen molar-refractivity contribution in [1.29, 1.82) is 0 Å². The van der Waals surface area contributed by atoms with E-state index in [2.05, 4.69) is 11.9 Å². The van der Waals surface area contributed by atoms with E-state index in [1.165, 1.54) is 0 Å². The average molecular weight is 570 g/mol. The van der Waals surface area contributed by atoms with Crippen molar-refractivity contribution < 1.29 is 24.2 Å². The molecule has 0 aliphatic carbocycles. The number of aliphatic hydroxyl groups is 1. The Balaban J connectivity index is 1.33. The molecule has 0 atom stereocenters. The molecule has 0 radical (unpaired) electrons. The number of nitrogens with zero attached hydrogens (tertiary/aromatic N) is 5. The van der Waals surface area contributed by atoms with E-state index in [9.17, 15) is 14.7 Å². The summed E-state index contributed by atoms with van der Waals surface area (Å²) in [5.41, 5.74) is 2.23. The number of methoxy groups -OCH3 is 1. The number of β-amino-alcohol motifs (C(OH)–C–C–N with tert-alkyl or cyclic N) is 1. The van der Waals surface area contributed by atoms with Crippen molar-refractivity contribution in [3.63, 3.8) is 0 Å². The van der Waals surface area contributed by atoms with Crippen LogP contribution in [0.25, 0.3) is 11.0 Å². The largest absolute Gasteiger partial charge is 0.493 e. The zero-order valence-electron chi connectivity index (χ0n) is 23.0. The van der Waals surface area contributed by atoms with E-state index >= 15 is 0 Å². The number of aromatic nitrogens is 2. The van der Waals surface area contributed by atoms with Gasteiger partial charge in [0, 0.05) is 62.3 Å². The Morgan fingerprint density at radius 1 is 1.18 bits per heavy atom. The van der Waals surface area contributed by atoms with Gasteiger partial charge in [-0.25, -0.2) is 9.78 Å². The summed E-state index contributed by atoms with van der Waals surface area (Å²) in [6.07, 6.45) is 6.91. The smallest absolute Gasteiger partial charge is 0.324 e. The van der Waals surface area contributed by atoms with Gasteiger partial charge in [0.2, 0.25) is 5.91 Å². The number of halogens is 1. The lowest BCUT2D eigenvalue weighted by Gasteiger charge is -2.36. The Kier molecular flexibility index (Phi) is 8.66. The lowest BCUT2D eigenvalue weighted by Crippen LogP contribution is -2.54. The standard InChI is InChI=1S/C29H36ClN5O5/c1-3-4-5-13-40-25-14-21(7-8-24(25)39-2)35-12-6-11-32(29(35)38)15-20-9-10-31-28-27(20)23(30)18-34(28)19-26(37)33-16-22(36)17-33/h7-10,14,18,22,36H,3-6,11-13,15-17,19H2,1-2H3. The fourth-order valence-corrected chi connectivity index (χ4v) is 5.56. The van der Waals surface area contributed by atoms with Gasteiger partial charge in [-0.2, -0.15) is 0 Å². The van der Waals surface area contributed by atoms with Crippen LogP contribution in [0.3, 0.4) is 0 Å². The number of hydrogen-bond donors (Lipinski definition) is 1. The fraction of sp³-hybridized carbons (Fsp3) is 0.483. The van der Waals surface area contributed by atoms with Crippen LogP contribution in [-0.4, -0.2) is 82.4 Å². The van der Waals surface area contributed by atoms with Crippen molar-refractivity contribution in [2.24, 2.45) is 0 Å². The molecule has 1 aromatic carbocycles. The van der Waals surface area contributed by atoms with Gasteiger partial charge in [-0.15, -0.1) is 0 Å². The molecule has 2 aliphatic rings.